The summed E-state index contributed by atoms with van der Waals surface area (Å²) < 4.78 is 13.0. The van der Waals surface area contributed by atoms with Gasteiger partial charge in [0.15, 0.2) is 0 Å². The van der Waals surface area contributed by atoms with Gasteiger partial charge in [-0.15, -0.1) is 0 Å². The lowest BCUT2D eigenvalue weighted by atomic mass is 9.86. The van der Waals surface area contributed by atoms with E-state index in [1.54, 1.807) is 0 Å². The highest BCUT2D eigenvalue weighted by molar-refractivity contribution is 14.1. The van der Waals surface area contributed by atoms with Gasteiger partial charge in [0, 0.05) is 4.43 Å². The first-order valence-electron chi connectivity index (χ1n) is 6.66. The summed E-state index contributed by atoms with van der Waals surface area (Å²) >= 11 is 2.48. The number of ether oxygens (including phenoxy) is 2. The molecule has 2 fully saturated rings. The maximum atomic E-state index is 6.11. The summed E-state index contributed by atoms with van der Waals surface area (Å²) in [7, 11) is 0. The normalized spacial score (nSPS) is 25.3. The lowest BCUT2D eigenvalue weighted by Gasteiger charge is -2.36. The highest BCUT2D eigenvalue weighted by Crippen LogP contribution is 2.33. The lowest BCUT2D eigenvalue weighted by Crippen LogP contribution is -2.38. The first-order valence-corrected chi connectivity index (χ1v) is 8.19. The van der Waals surface area contributed by atoms with E-state index in [2.05, 4.69) is 22.6 Å². The monoisotopic (exact) mass is 338 g/mol. The van der Waals surface area contributed by atoms with E-state index in [-0.39, 0.29) is 5.60 Å². The van der Waals surface area contributed by atoms with E-state index in [0.717, 1.165) is 17.6 Å². The Bertz CT molecular complexity index is 198. The summed E-state index contributed by atoms with van der Waals surface area (Å²) in [5.41, 5.74) is 0.182. The van der Waals surface area contributed by atoms with Gasteiger partial charge in [0.2, 0.25) is 0 Å². The van der Waals surface area contributed by atoms with Crippen LogP contribution in [0.25, 0.3) is 0 Å². The minimum Gasteiger partial charge on any atom is -0.376 e. The van der Waals surface area contributed by atoms with Crippen molar-refractivity contribution in [1.82, 2.24) is 0 Å². The molecule has 0 aromatic rings. The molecule has 0 N–H and O–H groups in total. The van der Waals surface area contributed by atoms with Crippen molar-refractivity contribution in [2.45, 2.75) is 63.1 Å². The molecule has 0 saturated heterocycles. The van der Waals surface area contributed by atoms with E-state index >= 15 is 0 Å². The van der Waals surface area contributed by atoms with Crippen molar-refractivity contribution in [3.8, 4) is 0 Å². The van der Waals surface area contributed by atoms with Gasteiger partial charge < -0.3 is 9.47 Å². The maximum Gasteiger partial charge on any atom is 0.0772 e. The predicted octanol–water partition coefficient (Wildman–Crippen LogP) is 3.71. The van der Waals surface area contributed by atoms with Crippen molar-refractivity contribution in [3.05, 3.63) is 0 Å². The third-order valence-corrected chi connectivity index (χ3v) is 5.30. The molecule has 0 radical (unpaired) electrons. The topological polar surface area (TPSA) is 18.5 Å². The summed E-state index contributed by atoms with van der Waals surface area (Å²) in [6, 6.07) is 0. The Morgan fingerprint density at radius 2 is 1.75 bits per heavy atom. The van der Waals surface area contributed by atoms with Crippen LogP contribution in [-0.2, 0) is 9.47 Å². The molecular weight excluding hydrogens is 315 g/mol. The Hall–Kier alpha value is 0.650. The average molecular weight is 338 g/mol. The van der Waals surface area contributed by atoms with Crippen molar-refractivity contribution < 1.29 is 9.47 Å². The number of hydrogen-bond acceptors (Lipinski definition) is 2. The van der Waals surface area contributed by atoms with Crippen LogP contribution in [0, 0.1) is 0 Å². The second kappa shape index (κ2) is 6.55. The molecule has 0 spiro atoms. The van der Waals surface area contributed by atoms with E-state index in [1.165, 1.54) is 51.4 Å². The van der Waals surface area contributed by atoms with Crippen molar-refractivity contribution >= 4 is 22.6 Å². The van der Waals surface area contributed by atoms with Crippen molar-refractivity contribution in [2.75, 3.05) is 17.6 Å². The van der Waals surface area contributed by atoms with Crippen LogP contribution in [0.2, 0.25) is 0 Å². The van der Waals surface area contributed by atoms with Gasteiger partial charge in [-0.3, -0.25) is 0 Å². The third-order valence-electron chi connectivity index (χ3n) is 3.91. The van der Waals surface area contributed by atoms with Crippen molar-refractivity contribution in [1.29, 1.82) is 0 Å². The number of rotatable bonds is 6. The highest BCUT2D eigenvalue weighted by atomic mass is 127. The molecule has 0 heterocycles. The molecule has 94 valence electrons. The van der Waals surface area contributed by atoms with E-state index < -0.39 is 0 Å². The molecule has 0 aromatic heterocycles. The van der Waals surface area contributed by atoms with Crippen molar-refractivity contribution in [3.63, 3.8) is 0 Å². The van der Waals surface area contributed by atoms with E-state index in [0.29, 0.717) is 6.10 Å². The Kier molecular flexibility index (Phi) is 5.36. The van der Waals surface area contributed by atoms with Crippen LogP contribution >= 0.6 is 22.6 Å². The van der Waals surface area contributed by atoms with Crippen LogP contribution in [0.5, 0.6) is 0 Å². The third kappa shape index (κ3) is 3.57. The minimum atomic E-state index is 0.182. The van der Waals surface area contributed by atoms with Gasteiger partial charge in [-0.05, 0) is 32.1 Å². The van der Waals surface area contributed by atoms with Gasteiger partial charge in [0.25, 0.3) is 0 Å². The maximum absolute atomic E-state index is 6.11. The van der Waals surface area contributed by atoms with Gasteiger partial charge in [-0.25, -0.2) is 0 Å². The molecule has 0 amide bonds. The fraction of sp³-hybridized carbons (Fsp3) is 1.00. The lowest BCUT2D eigenvalue weighted by molar-refractivity contribution is -0.0904. The molecule has 2 aliphatic carbocycles. The van der Waals surface area contributed by atoms with Gasteiger partial charge in [-0.2, -0.15) is 0 Å². The van der Waals surface area contributed by atoms with Crippen LogP contribution in [0.4, 0.5) is 0 Å². The molecule has 0 atom stereocenters. The zero-order valence-electron chi connectivity index (χ0n) is 10.0. The Morgan fingerprint density at radius 1 is 1.00 bits per heavy atom. The zero-order chi connectivity index (χ0) is 11.3. The standard InChI is InChI=1S/C13H23IO2/c14-11-13(7-2-1-3-8-13)16-10-9-15-12-5-4-6-12/h12H,1-11H2. The summed E-state index contributed by atoms with van der Waals surface area (Å²) in [5, 5.41) is 0. The number of hydrogen-bond donors (Lipinski definition) is 0. The molecule has 0 unspecified atom stereocenters. The second-order valence-electron chi connectivity index (χ2n) is 5.15. The summed E-state index contributed by atoms with van der Waals surface area (Å²) in [6.07, 6.45) is 11.0. The fourth-order valence-electron chi connectivity index (χ4n) is 2.52. The first-order chi connectivity index (χ1) is 7.85. The summed E-state index contributed by atoms with van der Waals surface area (Å²) in [6.45, 7) is 1.59. The highest BCUT2D eigenvalue weighted by Gasteiger charge is 2.31. The molecule has 0 aromatic carbocycles. The van der Waals surface area contributed by atoms with Gasteiger partial charge in [-0.1, -0.05) is 41.9 Å². The molecule has 0 bridgehead atoms. The molecule has 2 rings (SSSR count). The molecule has 3 heteroatoms. The summed E-state index contributed by atoms with van der Waals surface area (Å²) in [4.78, 5) is 0. The molecule has 2 aliphatic rings. The minimum absolute atomic E-state index is 0.182. The smallest absolute Gasteiger partial charge is 0.0772 e. The van der Waals surface area contributed by atoms with Crippen LogP contribution in [0.3, 0.4) is 0 Å². The quantitative estimate of drug-likeness (QED) is 0.418. The van der Waals surface area contributed by atoms with E-state index in [4.69, 9.17) is 9.47 Å². The Balaban J connectivity index is 1.61. The van der Waals surface area contributed by atoms with Crippen LogP contribution in [0.15, 0.2) is 0 Å². The SMILES string of the molecule is ICC1(OCCOC2CCC2)CCCCC1. The molecular formula is C13H23IO2. The number of halogens is 1. The van der Waals surface area contributed by atoms with Gasteiger partial charge in [0.05, 0.1) is 24.9 Å². The fourth-order valence-corrected chi connectivity index (χ4v) is 3.51. The van der Waals surface area contributed by atoms with E-state index in [9.17, 15) is 0 Å². The van der Waals surface area contributed by atoms with E-state index in [1.807, 2.05) is 0 Å². The average Bonchev–Trinajstić information content (AvgIpc) is 2.28. The molecule has 0 aliphatic heterocycles. The summed E-state index contributed by atoms with van der Waals surface area (Å²) in [5.74, 6) is 0. The Morgan fingerprint density at radius 3 is 2.31 bits per heavy atom. The molecule has 16 heavy (non-hydrogen) atoms. The van der Waals surface area contributed by atoms with Crippen LogP contribution < -0.4 is 0 Å². The number of alkyl halides is 1. The zero-order valence-corrected chi connectivity index (χ0v) is 12.2. The largest absolute Gasteiger partial charge is 0.376 e. The van der Waals surface area contributed by atoms with Crippen molar-refractivity contribution in [2.24, 2.45) is 0 Å². The van der Waals surface area contributed by atoms with Crippen LogP contribution in [0.1, 0.15) is 51.4 Å². The Labute approximate surface area is 113 Å². The molecule has 2 nitrogen and oxygen atoms in total. The van der Waals surface area contributed by atoms with Gasteiger partial charge in [0.1, 0.15) is 0 Å². The van der Waals surface area contributed by atoms with Gasteiger partial charge >= 0.3 is 0 Å². The molecule has 2 saturated carbocycles. The van der Waals surface area contributed by atoms with Crippen LogP contribution in [-0.4, -0.2) is 29.3 Å². The first kappa shape index (κ1) is 13.1. The second-order valence-corrected chi connectivity index (χ2v) is 5.91. The predicted molar refractivity (Wildman–Crippen MR) is 74.2 cm³/mol.